The first-order valence-electron chi connectivity index (χ1n) is 6.26. The average molecular weight is 298 g/mol. The van der Waals surface area contributed by atoms with Crippen LogP contribution in [0.25, 0.3) is 0 Å². The van der Waals surface area contributed by atoms with E-state index in [1.807, 2.05) is 6.07 Å². The van der Waals surface area contributed by atoms with Gasteiger partial charge >= 0.3 is 0 Å². The summed E-state index contributed by atoms with van der Waals surface area (Å²) in [5.41, 5.74) is 1.31. The van der Waals surface area contributed by atoms with E-state index in [-0.39, 0.29) is 6.10 Å². The van der Waals surface area contributed by atoms with Crippen LogP contribution in [-0.2, 0) is 6.54 Å². The van der Waals surface area contributed by atoms with Gasteiger partial charge in [-0.25, -0.2) is 0 Å². The standard InChI is InChI=1S/C14H20BrNO/c1-16(10-12-5-3-7-14(12)17)9-11-4-2-6-13(15)8-11/h2,4,6,8,12,14,17H,3,5,7,9-10H2,1H3. The van der Waals surface area contributed by atoms with E-state index in [4.69, 9.17) is 0 Å². The first-order chi connectivity index (χ1) is 8.15. The van der Waals surface area contributed by atoms with Crippen molar-refractivity contribution in [3.05, 3.63) is 34.3 Å². The molecule has 0 saturated heterocycles. The van der Waals surface area contributed by atoms with Gasteiger partial charge in [0.25, 0.3) is 0 Å². The van der Waals surface area contributed by atoms with E-state index in [2.05, 4.69) is 46.1 Å². The van der Waals surface area contributed by atoms with Crippen LogP contribution in [-0.4, -0.2) is 29.7 Å². The van der Waals surface area contributed by atoms with E-state index < -0.39 is 0 Å². The predicted octanol–water partition coefficient (Wildman–Crippen LogP) is 3.04. The molecule has 0 radical (unpaired) electrons. The molecule has 1 fully saturated rings. The number of rotatable bonds is 4. The fourth-order valence-corrected chi connectivity index (χ4v) is 3.09. The summed E-state index contributed by atoms with van der Waals surface area (Å²) in [5.74, 6) is 0.465. The minimum atomic E-state index is -0.0834. The Bertz CT molecular complexity index is 369. The monoisotopic (exact) mass is 297 g/mol. The molecule has 0 aliphatic heterocycles. The van der Waals surface area contributed by atoms with Crippen molar-refractivity contribution in [2.75, 3.05) is 13.6 Å². The Hall–Kier alpha value is -0.380. The molecule has 1 aliphatic rings. The second-order valence-electron chi connectivity index (χ2n) is 5.09. The van der Waals surface area contributed by atoms with Gasteiger partial charge in [0.2, 0.25) is 0 Å². The van der Waals surface area contributed by atoms with E-state index in [9.17, 15) is 5.11 Å². The third kappa shape index (κ3) is 3.80. The minimum absolute atomic E-state index is 0.0834. The highest BCUT2D eigenvalue weighted by Gasteiger charge is 2.25. The van der Waals surface area contributed by atoms with Crippen molar-refractivity contribution in [1.82, 2.24) is 4.90 Å². The quantitative estimate of drug-likeness (QED) is 0.923. The molecule has 0 spiro atoms. The number of nitrogens with zero attached hydrogens (tertiary/aromatic N) is 1. The van der Waals surface area contributed by atoms with Gasteiger partial charge in [-0.2, -0.15) is 0 Å². The molecule has 1 saturated carbocycles. The molecule has 1 aromatic carbocycles. The molecule has 94 valence electrons. The number of hydrogen-bond acceptors (Lipinski definition) is 2. The van der Waals surface area contributed by atoms with E-state index in [1.165, 1.54) is 18.4 Å². The van der Waals surface area contributed by atoms with Gasteiger partial charge in [0, 0.05) is 17.6 Å². The maximum Gasteiger partial charge on any atom is 0.0580 e. The number of aliphatic hydroxyl groups excluding tert-OH is 1. The second kappa shape index (κ2) is 5.98. The molecular weight excluding hydrogens is 278 g/mol. The zero-order valence-corrected chi connectivity index (χ0v) is 11.9. The Balaban J connectivity index is 1.86. The summed E-state index contributed by atoms with van der Waals surface area (Å²) in [5, 5.41) is 9.81. The summed E-state index contributed by atoms with van der Waals surface area (Å²) in [4.78, 5) is 2.31. The summed E-state index contributed by atoms with van der Waals surface area (Å²) in [6.07, 6.45) is 3.25. The molecule has 2 rings (SSSR count). The van der Waals surface area contributed by atoms with Crippen LogP contribution in [0.1, 0.15) is 24.8 Å². The van der Waals surface area contributed by atoms with Crippen molar-refractivity contribution in [2.24, 2.45) is 5.92 Å². The molecule has 1 N–H and O–H groups in total. The topological polar surface area (TPSA) is 23.5 Å². The zero-order valence-electron chi connectivity index (χ0n) is 10.3. The summed E-state index contributed by atoms with van der Waals surface area (Å²) in [7, 11) is 2.13. The van der Waals surface area contributed by atoms with Crippen LogP contribution >= 0.6 is 15.9 Å². The highest BCUT2D eigenvalue weighted by Crippen LogP contribution is 2.26. The highest BCUT2D eigenvalue weighted by atomic mass is 79.9. The molecule has 0 heterocycles. The molecule has 0 amide bonds. The number of hydrogen-bond donors (Lipinski definition) is 1. The Morgan fingerprint density at radius 3 is 2.88 bits per heavy atom. The molecule has 2 nitrogen and oxygen atoms in total. The lowest BCUT2D eigenvalue weighted by Crippen LogP contribution is -2.29. The Labute approximate surface area is 112 Å². The van der Waals surface area contributed by atoms with Crippen molar-refractivity contribution in [2.45, 2.75) is 31.9 Å². The first kappa shape index (κ1) is 13.1. The molecule has 2 atom stereocenters. The van der Waals surface area contributed by atoms with Gasteiger partial charge in [-0.3, -0.25) is 0 Å². The molecular formula is C14H20BrNO. The maximum absolute atomic E-state index is 9.81. The van der Waals surface area contributed by atoms with Gasteiger partial charge in [-0.15, -0.1) is 0 Å². The van der Waals surface area contributed by atoms with Gasteiger partial charge in [0.05, 0.1) is 6.10 Å². The summed E-state index contributed by atoms with van der Waals surface area (Å²) in [6.45, 7) is 1.94. The van der Waals surface area contributed by atoms with Crippen molar-refractivity contribution < 1.29 is 5.11 Å². The van der Waals surface area contributed by atoms with Crippen LogP contribution in [0.2, 0.25) is 0 Å². The lowest BCUT2D eigenvalue weighted by Gasteiger charge is -2.23. The summed E-state index contributed by atoms with van der Waals surface area (Å²) >= 11 is 3.49. The SMILES string of the molecule is CN(Cc1cccc(Br)c1)CC1CCCC1O. The van der Waals surface area contributed by atoms with Crippen molar-refractivity contribution in [3.63, 3.8) is 0 Å². The largest absolute Gasteiger partial charge is 0.393 e. The van der Waals surface area contributed by atoms with Crippen molar-refractivity contribution >= 4 is 15.9 Å². The molecule has 1 aromatic rings. The number of benzene rings is 1. The molecule has 2 unspecified atom stereocenters. The summed E-state index contributed by atoms with van der Waals surface area (Å²) < 4.78 is 1.13. The zero-order chi connectivity index (χ0) is 12.3. The van der Waals surface area contributed by atoms with Crippen LogP contribution in [0.3, 0.4) is 0 Å². The van der Waals surface area contributed by atoms with Crippen molar-refractivity contribution in [1.29, 1.82) is 0 Å². The normalized spacial score (nSPS) is 24.5. The van der Waals surface area contributed by atoms with Gasteiger partial charge in [0.1, 0.15) is 0 Å². The smallest absolute Gasteiger partial charge is 0.0580 e. The fourth-order valence-electron chi connectivity index (χ4n) is 2.64. The minimum Gasteiger partial charge on any atom is -0.393 e. The Morgan fingerprint density at radius 1 is 1.41 bits per heavy atom. The molecule has 17 heavy (non-hydrogen) atoms. The molecule has 0 bridgehead atoms. The van der Waals surface area contributed by atoms with Gasteiger partial charge < -0.3 is 10.0 Å². The van der Waals surface area contributed by atoms with Crippen LogP contribution in [0.15, 0.2) is 28.7 Å². The van der Waals surface area contributed by atoms with Gasteiger partial charge in [0.15, 0.2) is 0 Å². The van der Waals surface area contributed by atoms with Crippen LogP contribution < -0.4 is 0 Å². The molecule has 1 aliphatic carbocycles. The van der Waals surface area contributed by atoms with Crippen LogP contribution in [0, 0.1) is 5.92 Å². The van der Waals surface area contributed by atoms with Gasteiger partial charge in [-0.1, -0.05) is 34.5 Å². The lowest BCUT2D eigenvalue weighted by atomic mass is 10.1. The van der Waals surface area contributed by atoms with E-state index in [1.54, 1.807) is 0 Å². The second-order valence-corrected chi connectivity index (χ2v) is 6.00. The van der Waals surface area contributed by atoms with Gasteiger partial charge in [-0.05, 0) is 43.5 Å². The Kier molecular flexibility index (Phi) is 4.60. The third-order valence-corrected chi connectivity index (χ3v) is 4.00. The van der Waals surface area contributed by atoms with Crippen LogP contribution in [0.5, 0.6) is 0 Å². The van der Waals surface area contributed by atoms with E-state index in [0.29, 0.717) is 5.92 Å². The number of halogens is 1. The average Bonchev–Trinajstić information content (AvgIpc) is 2.64. The Morgan fingerprint density at radius 2 is 2.24 bits per heavy atom. The third-order valence-electron chi connectivity index (χ3n) is 3.51. The van der Waals surface area contributed by atoms with E-state index in [0.717, 1.165) is 24.0 Å². The fraction of sp³-hybridized carbons (Fsp3) is 0.571. The number of aliphatic hydroxyl groups is 1. The summed E-state index contributed by atoms with van der Waals surface area (Å²) in [6, 6.07) is 8.41. The molecule has 3 heteroatoms. The van der Waals surface area contributed by atoms with Crippen molar-refractivity contribution in [3.8, 4) is 0 Å². The first-order valence-corrected chi connectivity index (χ1v) is 7.05. The lowest BCUT2D eigenvalue weighted by molar-refractivity contribution is 0.108. The van der Waals surface area contributed by atoms with E-state index >= 15 is 0 Å². The predicted molar refractivity (Wildman–Crippen MR) is 73.8 cm³/mol. The van der Waals surface area contributed by atoms with Crippen LogP contribution in [0.4, 0.5) is 0 Å². The molecule has 0 aromatic heterocycles. The highest BCUT2D eigenvalue weighted by molar-refractivity contribution is 9.10. The maximum atomic E-state index is 9.81.